The Morgan fingerprint density at radius 1 is 1.23 bits per heavy atom. The molecule has 0 atom stereocenters. The molecule has 30 heavy (non-hydrogen) atoms. The molecular weight excluding hydrogens is 422 g/mol. The fourth-order valence-corrected chi connectivity index (χ4v) is 5.42. The maximum absolute atomic E-state index is 12.4. The summed E-state index contributed by atoms with van der Waals surface area (Å²) in [6.07, 6.45) is 6.81. The van der Waals surface area contributed by atoms with Gasteiger partial charge in [0.1, 0.15) is 16.7 Å². The molecule has 9 heteroatoms. The van der Waals surface area contributed by atoms with Gasteiger partial charge < -0.3 is 4.57 Å². The van der Waals surface area contributed by atoms with Crippen LogP contribution in [0.2, 0.25) is 5.02 Å². The molecule has 0 aliphatic heterocycles. The molecular formula is C21H22ClN5O2S. The van der Waals surface area contributed by atoms with Crippen molar-refractivity contribution in [1.29, 1.82) is 5.26 Å². The Morgan fingerprint density at radius 3 is 2.50 bits per heavy atom. The third-order valence-corrected chi connectivity index (χ3v) is 7.16. The summed E-state index contributed by atoms with van der Waals surface area (Å²) in [6.45, 7) is 3.49. The van der Waals surface area contributed by atoms with E-state index in [1.807, 2.05) is 12.1 Å². The molecule has 1 aliphatic rings. The van der Waals surface area contributed by atoms with Gasteiger partial charge in [-0.05, 0) is 44.9 Å². The van der Waals surface area contributed by atoms with Crippen molar-refractivity contribution in [2.45, 2.75) is 56.5 Å². The average molecular weight is 444 g/mol. The van der Waals surface area contributed by atoms with Crippen LogP contribution in [-0.4, -0.2) is 29.0 Å². The van der Waals surface area contributed by atoms with Crippen molar-refractivity contribution < 1.29 is 8.42 Å². The van der Waals surface area contributed by atoms with Crippen LogP contribution >= 0.6 is 11.6 Å². The first-order valence-electron chi connectivity index (χ1n) is 9.90. The lowest BCUT2D eigenvalue weighted by Gasteiger charge is -2.17. The van der Waals surface area contributed by atoms with Crippen molar-refractivity contribution in [2.24, 2.45) is 0 Å². The van der Waals surface area contributed by atoms with Crippen LogP contribution in [0.15, 0.2) is 35.5 Å². The minimum Gasteiger partial charge on any atom is -0.334 e. The molecule has 1 N–H and O–H groups in total. The molecule has 2 heterocycles. The van der Waals surface area contributed by atoms with Crippen molar-refractivity contribution >= 4 is 32.5 Å². The maximum Gasteiger partial charge on any atom is 0.243 e. The zero-order valence-corrected chi connectivity index (χ0v) is 18.3. The van der Waals surface area contributed by atoms with E-state index in [0.717, 1.165) is 36.6 Å². The topological polar surface area (TPSA) is 101 Å². The largest absolute Gasteiger partial charge is 0.334 e. The highest BCUT2D eigenvalue weighted by Gasteiger charge is 2.28. The van der Waals surface area contributed by atoms with E-state index in [0.29, 0.717) is 22.1 Å². The zero-order chi connectivity index (χ0) is 21.5. The van der Waals surface area contributed by atoms with Crippen LogP contribution in [0.4, 0.5) is 0 Å². The van der Waals surface area contributed by atoms with E-state index >= 15 is 0 Å². The number of halogens is 1. The van der Waals surface area contributed by atoms with Gasteiger partial charge in [-0.1, -0.05) is 24.4 Å². The van der Waals surface area contributed by atoms with E-state index in [1.165, 1.54) is 12.4 Å². The minimum atomic E-state index is -3.69. The Hall–Kier alpha value is -2.47. The number of benzene rings is 1. The van der Waals surface area contributed by atoms with Crippen LogP contribution in [-0.2, 0) is 10.0 Å². The second-order valence-electron chi connectivity index (χ2n) is 7.82. The molecule has 1 fully saturated rings. The van der Waals surface area contributed by atoms with Gasteiger partial charge >= 0.3 is 0 Å². The number of sulfonamides is 1. The second-order valence-corrected chi connectivity index (χ2v) is 9.97. The lowest BCUT2D eigenvalue weighted by Crippen LogP contribution is -2.30. The number of hydrogen-bond acceptors (Lipinski definition) is 5. The van der Waals surface area contributed by atoms with Crippen LogP contribution in [0, 0.1) is 11.3 Å². The molecule has 1 saturated carbocycles. The van der Waals surface area contributed by atoms with Gasteiger partial charge in [0.25, 0.3) is 0 Å². The van der Waals surface area contributed by atoms with Crippen molar-refractivity contribution in [3.05, 3.63) is 41.2 Å². The summed E-state index contributed by atoms with van der Waals surface area (Å²) in [5.41, 5.74) is 1.97. The van der Waals surface area contributed by atoms with E-state index in [-0.39, 0.29) is 17.0 Å². The zero-order valence-electron chi connectivity index (χ0n) is 16.8. The SMILES string of the molecule is CC(C)NS(=O)(=O)c1cnc(-c2c(C#N)c3ccc(Cl)cc3n2C2CCCC2)nc1. The number of fused-ring (bicyclic) bond motifs is 1. The van der Waals surface area contributed by atoms with Gasteiger partial charge in [0.2, 0.25) is 10.0 Å². The Labute approximate surface area is 180 Å². The Balaban J connectivity index is 1.90. The highest BCUT2D eigenvalue weighted by molar-refractivity contribution is 7.89. The number of rotatable bonds is 5. The van der Waals surface area contributed by atoms with Gasteiger partial charge in [0.15, 0.2) is 5.82 Å². The van der Waals surface area contributed by atoms with E-state index < -0.39 is 10.0 Å². The maximum atomic E-state index is 12.4. The summed E-state index contributed by atoms with van der Waals surface area (Å²) in [5, 5.41) is 11.3. The molecule has 156 valence electrons. The van der Waals surface area contributed by atoms with Crippen LogP contribution < -0.4 is 4.72 Å². The molecule has 0 unspecified atom stereocenters. The van der Waals surface area contributed by atoms with Gasteiger partial charge in [0.05, 0.1) is 23.5 Å². The molecule has 2 aromatic heterocycles. The van der Waals surface area contributed by atoms with E-state index in [1.54, 1.807) is 19.9 Å². The Kier molecular flexibility index (Phi) is 5.53. The first-order valence-corrected chi connectivity index (χ1v) is 11.8. The summed E-state index contributed by atoms with van der Waals surface area (Å²) in [6, 6.07) is 7.75. The molecule has 4 rings (SSSR count). The van der Waals surface area contributed by atoms with Crippen molar-refractivity contribution in [1.82, 2.24) is 19.3 Å². The van der Waals surface area contributed by atoms with Crippen LogP contribution in [0.3, 0.4) is 0 Å². The Bertz CT molecular complexity index is 1240. The predicted molar refractivity (Wildman–Crippen MR) is 116 cm³/mol. The number of hydrogen-bond donors (Lipinski definition) is 1. The smallest absolute Gasteiger partial charge is 0.243 e. The predicted octanol–water partition coefficient (Wildman–Crippen LogP) is 4.43. The number of nitrogens with zero attached hydrogens (tertiary/aromatic N) is 4. The van der Waals surface area contributed by atoms with Gasteiger partial charge in [-0.2, -0.15) is 5.26 Å². The van der Waals surface area contributed by atoms with E-state index in [4.69, 9.17) is 11.6 Å². The molecule has 1 aliphatic carbocycles. The van der Waals surface area contributed by atoms with Gasteiger partial charge in [-0.25, -0.2) is 23.1 Å². The average Bonchev–Trinajstić information content (AvgIpc) is 3.32. The van der Waals surface area contributed by atoms with Gasteiger partial charge in [-0.15, -0.1) is 0 Å². The standard InChI is InChI=1S/C21H22ClN5O2S/c1-13(2)26-30(28,29)16-11-24-21(25-12-16)20-18(10-23)17-8-7-14(22)9-19(17)27(20)15-5-3-4-6-15/h7-9,11-13,15,26H,3-6H2,1-2H3. The fraction of sp³-hybridized carbons (Fsp3) is 0.381. The molecule has 1 aromatic carbocycles. The lowest BCUT2D eigenvalue weighted by molar-refractivity contribution is 0.538. The number of nitriles is 1. The first kappa shape index (κ1) is 20.8. The fourth-order valence-electron chi connectivity index (χ4n) is 4.11. The van der Waals surface area contributed by atoms with Crippen LogP contribution in [0.5, 0.6) is 0 Å². The summed E-state index contributed by atoms with van der Waals surface area (Å²) < 4.78 is 29.4. The minimum absolute atomic E-state index is 0.00923. The summed E-state index contributed by atoms with van der Waals surface area (Å²) in [7, 11) is -3.69. The van der Waals surface area contributed by atoms with Crippen molar-refractivity contribution in [3.8, 4) is 17.6 Å². The quantitative estimate of drug-likeness (QED) is 0.628. The van der Waals surface area contributed by atoms with Crippen molar-refractivity contribution in [2.75, 3.05) is 0 Å². The monoisotopic (exact) mass is 443 g/mol. The van der Waals surface area contributed by atoms with E-state index in [2.05, 4.69) is 25.3 Å². The van der Waals surface area contributed by atoms with Gasteiger partial charge in [-0.3, -0.25) is 0 Å². The molecule has 0 bridgehead atoms. The molecule has 7 nitrogen and oxygen atoms in total. The lowest BCUT2D eigenvalue weighted by atomic mass is 10.1. The van der Waals surface area contributed by atoms with Gasteiger partial charge in [0, 0.05) is 22.5 Å². The summed E-state index contributed by atoms with van der Waals surface area (Å²) >= 11 is 6.26. The normalized spacial score (nSPS) is 15.2. The molecule has 0 amide bonds. The number of aromatic nitrogens is 3. The van der Waals surface area contributed by atoms with Crippen molar-refractivity contribution in [3.63, 3.8) is 0 Å². The second kappa shape index (κ2) is 7.99. The molecule has 0 spiro atoms. The summed E-state index contributed by atoms with van der Waals surface area (Å²) in [4.78, 5) is 8.68. The molecule has 3 aromatic rings. The van der Waals surface area contributed by atoms with E-state index in [9.17, 15) is 13.7 Å². The third-order valence-electron chi connectivity index (χ3n) is 5.31. The highest BCUT2D eigenvalue weighted by Crippen LogP contribution is 2.41. The van der Waals surface area contributed by atoms with Crippen LogP contribution in [0.25, 0.3) is 22.4 Å². The molecule has 0 radical (unpaired) electrons. The first-order chi connectivity index (χ1) is 14.3. The number of nitrogens with one attached hydrogen (secondary N) is 1. The highest BCUT2D eigenvalue weighted by atomic mass is 35.5. The Morgan fingerprint density at radius 2 is 1.90 bits per heavy atom. The third kappa shape index (κ3) is 3.69. The van der Waals surface area contributed by atoms with Crippen LogP contribution in [0.1, 0.15) is 51.1 Å². The molecule has 0 saturated heterocycles. The summed E-state index contributed by atoms with van der Waals surface area (Å²) in [5.74, 6) is 0.328.